The average Bonchev–Trinajstić information content (AvgIpc) is 2.81. The zero-order valence-electron chi connectivity index (χ0n) is 11.5. The Hall–Kier alpha value is -2.07. The van der Waals surface area contributed by atoms with Crippen LogP contribution in [-0.4, -0.2) is 23.6 Å². The minimum Gasteiger partial charge on any atom is -0.468 e. The van der Waals surface area contributed by atoms with Crippen LogP contribution in [0.25, 0.3) is 0 Å². The van der Waals surface area contributed by atoms with Gasteiger partial charge >= 0.3 is 5.97 Å². The molecule has 1 aliphatic rings. The summed E-state index contributed by atoms with van der Waals surface area (Å²) in [7, 11) is 1.33. The largest absolute Gasteiger partial charge is 0.468 e. The molecule has 0 amide bonds. The summed E-state index contributed by atoms with van der Waals surface area (Å²) in [5.41, 5.74) is 1.52. The van der Waals surface area contributed by atoms with E-state index in [-0.39, 0.29) is 5.78 Å². The number of thioether (sulfide) groups is 1. The van der Waals surface area contributed by atoms with Crippen molar-refractivity contribution in [1.29, 1.82) is 0 Å². The van der Waals surface area contributed by atoms with Crippen LogP contribution in [0.1, 0.15) is 15.9 Å². The molecule has 1 unspecified atom stereocenters. The van der Waals surface area contributed by atoms with Crippen molar-refractivity contribution in [3.63, 3.8) is 0 Å². The van der Waals surface area contributed by atoms with Crippen LogP contribution in [0.15, 0.2) is 59.5 Å². The number of ketones is 1. The van der Waals surface area contributed by atoms with Gasteiger partial charge in [0, 0.05) is 16.9 Å². The Morgan fingerprint density at radius 3 is 2.43 bits per heavy atom. The fourth-order valence-corrected chi connectivity index (χ4v) is 3.90. The second-order valence-electron chi connectivity index (χ2n) is 4.90. The van der Waals surface area contributed by atoms with Crippen molar-refractivity contribution < 1.29 is 14.3 Å². The van der Waals surface area contributed by atoms with Crippen LogP contribution in [0.3, 0.4) is 0 Å². The maximum Gasteiger partial charge on any atom is 0.330 e. The lowest BCUT2D eigenvalue weighted by molar-refractivity contribution is -0.141. The van der Waals surface area contributed by atoms with Gasteiger partial charge in [-0.15, -0.1) is 0 Å². The van der Waals surface area contributed by atoms with Crippen LogP contribution in [0, 0.1) is 0 Å². The van der Waals surface area contributed by atoms with Crippen molar-refractivity contribution in [3.05, 3.63) is 65.7 Å². The van der Waals surface area contributed by atoms with Gasteiger partial charge in [-0.1, -0.05) is 54.2 Å². The van der Waals surface area contributed by atoms with Crippen LogP contribution in [0.2, 0.25) is 0 Å². The van der Waals surface area contributed by atoms with Crippen LogP contribution in [0.4, 0.5) is 0 Å². The summed E-state index contributed by atoms with van der Waals surface area (Å²) in [5, 5.41) is 0. The van der Waals surface area contributed by atoms with E-state index >= 15 is 0 Å². The molecule has 106 valence electrons. The van der Waals surface area contributed by atoms with Gasteiger partial charge < -0.3 is 4.74 Å². The van der Waals surface area contributed by atoms with Gasteiger partial charge in [0.25, 0.3) is 0 Å². The number of hydrogen-bond acceptors (Lipinski definition) is 4. The summed E-state index contributed by atoms with van der Waals surface area (Å²) in [5.74, 6) is -0.656. The van der Waals surface area contributed by atoms with E-state index in [1.807, 2.05) is 48.5 Å². The van der Waals surface area contributed by atoms with Crippen molar-refractivity contribution in [1.82, 2.24) is 0 Å². The highest BCUT2D eigenvalue weighted by Crippen LogP contribution is 2.44. The van der Waals surface area contributed by atoms with Crippen LogP contribution < -0.4 is 0 Å². The molecule has 0 N–H and O–H groups in total. The number of rotatable bonds is 3. The van der Waals surface area contributed by atoms with E-state index in [4.69, 9.17) is 4.74 Å². The summed E-state index contributed by atoms with van der Waals surface area (Å²) in [6, 6.07) is 16.8. The third kappa shape index (κ3) is 2.25. The molecule has 0 spiro atoms. The van der Waals surface area contributed by atoms with Gasteiger partial charge in [-0.05, 0) is 17.7 Å². The maximum absolute atomic E-state index is 12.8. The van der Waals surface area contributed by atoms with Crippen molar-refractivity contribution in [3.8, 4) is 0 Å². The monoisotopic (exact) mass is 298 g/mol. The standard InChI is InChI=1S/C17H14O3S/c1-20-16(19)17(21-13-8-3-2-4-9-13)11-12-7-5-6-10-14(12)15(17)18/h2-10H,11H2,1H3. The number of carbonyl (C=O) groups is 2. The smallest absolute Gasteiger partial charge is 0.330 e. The Labute approximate surface area is 127 Å². The fourth-order valence-electron chi connectivity index (χ4n) is 2.61. The molecule has 21 heavy (non-hydrogen) atoms. The first kappa shape index (κ1) is 13.9. The summed E-state index contributed by atoms with van der Waals surface area (Å²) >= 11 is 1.27. The molecule has 1 aliphatic carbocycles. The predicted molar refractivity (Wildman–Crippen MR) is 81.5 cm³/mol. The topological polar surface area (TPSA) is 43.4 Å². The Bertz CT molecular complexity index is 696. The number of ether oxygens (including phenoxy) is 1. The molecule has 3 rings (SSSR count). The van der Waals surface area contributed by atoms with Gasteiger partial charge in [-0.3, -0.25) is 9.59 Å². The maximum atomic E-state index is 12.8. The molecule has 1 atom stereocenters. The second-order valence-corrected chi connectivity index (χ2v) is 6.27. The number of hydrogen-bond donors (Lipinski definition) is 0. The van der Waals surface area contributed by atoms with Gasteiger partial charge in [0.1, 0.15) is 0 Å². The Balaban J connectivity index is 2.05. The van der Waals surface area contributed by atoms with Crippen LogP contribution >= 0.6 is 11.8 Å². The first-order chi connectivity index (χ1) is 10.2. The highest BCUT2D eigenvalue weighted by atomic mass is 32.2. The summed E-state index contributed by atoms with van der Waals surface area (Å²) in [6.45, 7) is 0. The number of fused-ring (bicyclic) bond motifs is 1. The molecular formula is C17H14O3S. The molecule has 0 aromatic heterocycles. The van der Waals surface area contributed by atoms with Gasteiger partial charge in [0.2, 0.25) is 0 Å². The molecule has 0 fully saturated rings. The minimum atomic E-state index is -1.21. The third-order valence-corrected chi connectivity index (χ3v) is 4.97. The van der Waals surface area contributed by atoms with E-state index < -0.39 is 10.7 Å². The Kier molecular flexibility index (Phi) is 3.55. The molecule has 0 heterocycles. The second kappa shape index (κ2) is 5.37. The van der Waals surface area contributed by atoms with Crippen molar-refractivity contribution in [2.24, 2.45) is 0 Å². The Morgan fingerprint density at radius 2 is 1.76 bits per heavy atom. The van der Waals surface area contributed by atoms with E-state index in [0.717, 1.165) is 10.5 Å². The van der Waals surface area contributed by atoms with Crippen molar-refractivity contribution in [2.45, 2.75) is 16.1 Å². The number of carbonyl (C=O) groups excluding carboxylic acids is 2. The number of benzene rings is 2. The summed E-state index contributed by atoms with van der Waals surface area (Å²) < 4.78 is 3.72. The van der Waals surface area contributed by atoms with Gasteiger partial charge in [0.05, 0.1) is 7.11 Å². The first-order valence-electron chi connectivity index (χ1n) is 6.62. The summed E-state index contributed by atoms with van der Waals surface area (Å²) in [6.07, 6.45) is 0.369. The van der Waals surface area contributed by atoms with E-state index in [1.54, 1.807) is 6.07 Å². The predicted octanol–water partition coefficient (Wildman–Crippen LogP) is 3.13. The van der Waals surface area contributed by atoms with Gasteiger partial charge in [-0.25, -0.2) is 0 Å². The van der Waals surface area contributed by atoms with Crippen LogP contribution in [-0.2, 0) is 16.0 Å². The normalized spacial score (nSPS) is 20.1. The highest BCUT2D eigenvalue weighted by molar-refractivity contribution is 8.02. The molecule has 0 bridgehead atoms. The molecule has 2 aromatic carbocycles. The van der Waals surface area contributed by atoms with E-state index in [0.29, 0.717) is 12.0 Å². The molecule has 0 radical (unpaired) electrons. The molecule has 0 saturated carbocycles. The zero-order valence-corrected chi connectivity index (χ0v) is 12.4. The lowest BCUT2D eigenvalue weighted by atomic mass is 10.0. The Morgan fingerprint density at radius 1 is 1.10 bits per heavy atom. The molecular weight excluding hydrogens is 284 g/mol. The minimum absolute atomic E-state index is 0.168. The molecule has 0 aliphatic heterocycles. The van der Waals surface area contributed by atoms with E-state index in [1.165, 1.54) is 18.9 Å². The third-order valence-electron chi connectivity index (χ3n) is 3.62. The number of esters is 1. The average molecular weight is 298 g/mol. The highest BCUT2D eigenvalue weighted by Gasteiger charge is 2.53. The van der Waals surface area contributed by atoms with Crippen LogP contribution in [0.5, 0.6) is 0 Å². The lowest BCUT2D eigenvalue weighted by Gasteiger charge is -2.23. The molecule has 3 nitrogen and oxygen atoms in total. The quantitative estimate of drug-likeness (QED) is 0.645. The fraction of sp³-hybridized carbons (Fsp3) is 0.176. The lowest BCUT2D eigenvalue weighted by Crippen LogP contribution is -2.42. The van der Waals surface area contributed by atoms with Gasteiger partial charge in [-0.2, -0.15) is 0 Å². The molecule has 4 heteroatoms. The first-order valence-corrected chi connectivity index (χ1v) is 7.44. The van der Waals surface area contributed by atoms with Gasteiger partial charge in [0.15, 0.2) is 10.5 Å². The van der Waals surface area contributed by atoms with E-state index in [2.05, 4.69) is 0 Å². The number of methoxy groups -OCH3 is 1. The number of Topliss-reactive ketones (excluding diaryl/α,β-unsaturated/α-hetero) is 1. The molecule has 0 saturated heterocycles. The molecule has 2 aromatic rings. The van der Waals surface area contributed by atoms with Crippen molar-refractivity contribution in [2.75, 3.05) is 7.11 Å². The summed E-state index contributed by atoms with van der Waals surface area (Å²) in [4.78, 5) is 26.0. The zero-order chi connectivity index (χ0) is 14.9. The van der Waals surface area contributed by atoms with E-state index in [9.17, 15) is 9.59 Å². The van der Waals surface area contributed by atoms with Crippen molar-refractivity contribution >= 4 is 23.5 Å². The SMILES string of the molecule is COC(=O)C1(Sc2ccccc2)Cc2ccccc2C1=O.